The summed E-state index contributed by atoms with van der Waals surface area (Å²) in [5.41, 5.74) is 1.86. The maximum atomic E-state index is 12.3. The monoisotopic (exact) mass is 318 g/mol. The number of morpholine rings is 1. The minimum atomic E-state index is -0.343. The molecule has 126 valence electrons. The molecule has 3 rings (SSSR count). The quantitative estimate of drug-likeness (QED) is 0.930. The van der Waals surface area contributed by atoms with Gasteiger partial charge in [0.2, 0.25) is 0 Å². The van der Waals surface area contributed by atoms with E-state index in [0.717, 1.165) is 56.8 Å². The number of amides is 1. The molecule has 1 aliphatic heterocycles. The van der Waals surface area contributed by atoms with Crippen LogP contribution in [0.2, 0.25) is 0 Å². The molecule has 0 aromatic heterocycles. The van der Waals surface area contributed by atoms with Crippen LogP contribution in [0.3, 0.4) is 0 Å². The van der Waals surface area contributed by atoms with Crippen molar-refractivity contribution in [3.8, 4) is 0 Å². The van der Waals surface area contributed by atoms with Gasteiger partial charge in [-0.15, -0.1) is 0 Å². The number of hydrogen-bond acceptors (Lipinski definition) is 4. The van der Waals surface area contributed by atoms with E-state index in [1.165, 1.54) is 6.42 Å². The predicted molar refractivity (Wildman–Crippen MR) is 89.7 cm³/mol. The summed E-state index contributed by atoms with van der Waals surface area (Å²) < 4.78 is 11.2. The number of para-hydroxylation sites is 1. The number of aryl methyl sites for hydroxylation is 1. The predicted octanol–water partition coefficient (Wildman–Crippen LogP) is 3.19. The first kappa shape index (κ1) is 16.3. The van der Waals surface area contributed by atoms with Gasteiger partial charge in [0.1, 0.15) is 6.10 Å². The van der Waals surface area contributed by atoms with Gasteiger partial charge in [0, 0.05) is 24.8 Å². The summed E-state index contributed by atoms with van der Waals surface area (Å²) in [5, 5.41) is 2.88. The second-order valence-electron chi connectivity index (χ2n) is 6.38. The summed E-state index contributed by atoms with van der Waals surface area (Å²) in [6.45, 7) is 5.40. The van der Waals surface area contributed by atoms with Crippen molar-refractivity contribution in [3.63, 3.8) is 0 Å². The molecule has 0 radical (unpaired) electrons. The summed E-state index contributed by atoms with van der Waals surface area (Å²) >= 11 is 0. The summed E-state index contributed by atoms with van der Waals surface area (Å²) in [6.07, 6.45) is 4.02. The van der Waals surface area contributed by atoms with Gasteiger partial charge in [0.05, 0.1) is 13.2 Å². The van der Waals surface area contributed by atoms with Crippen LogP contribution in [-0.2, 0) is 9.47 Å². The summed E-state index contributed by atoms with van der Waals surface area (Å²) in [6, 6.07) is 8.08. The van der Waals surface area contributed by atoms with E-state index in [1.54, 1.807) is 0 Å². The number of nitrogens with zero attached hydrogens (tertiary/aromatic N) is 1. The standard InChI is InChI=1S/C18H26N2O3/c1-14-6-2-3-7-15(14)19-18(21)23-17-9-5-4-8-16(17)20-10-12-22-13-11-20/h2-3,6-7,16-17H,4-5,8-13H2,1H3,(H,19,21). The molecule has 0 spiro atoms. The summed E-state index contributed by atoms with van der Waals surface area (Å²) in [4.78, 5) is 14.7. The molecule has 23 heavy (non-hydrogen) atoms. The lowest BCUT2D eigenvalue weighted by Crippen LogP contribution is -2.51. The number of carbonyl (C=O) groups is 1. The smallest absolute Gasteiger partial charge is 0.411 e. The molecule has 1 aliphatic carbocycles. The fraction of sp³-hybridized carbons (Fsp3) is 0.611. The molecular formula is C18H26N2O3. The fourth-order valence-electron chi connectivity index (χ4n) is 3.53. The SMILES string of the molecule is Cc1ccccc1NC(=O)OC1CCCCC1N1CCOCC1. The first-order valence-electron chi connectivity index (χ1n) is 8.59. The van der Waals surface area contributed by atoms with Crippen LogP contribution in [0, 0.1) is 6.92 Å². The molecule has 5 nitrogen and oxygen atoms in total. The molecule has 1 aromatic carbocycles. The van der Waals surface area contributed by atoms with Crippen LogP contribution in [0.15, 0.2) is 24.3 Å². The first-order chi connectivity index (χ1) is 11.2. The third-order valence-corrected chi connectivity index (χ3v) is 4.82. The van der Waals surface area contributed by atoms with Gasteiger partial charge in [-0.1, -0.05) is 24.6 Å². The number of rotatable bonds is 3. The van der Waals surface area contributed by atoms with Gasteiger partial charge < -0.3 is 9.47 Å². The van der Waals surface area contributed by atoms with Crippen molar-refractivity contribution in [2.45, 2.75) is 44.8 Å². The van der Waals surface area contributed by atoms with Crippen molar-refractivity contribution in [3.05, 3.63) is 29.8 Å². The Morgan fingerprint density at radius 1 is 1.22 bits per heavy atom. The minimum absolute atomic E-state index is 0.0223. The number of benzene rings is 1. The van der Waals surface area contributed by atoms with Crippen molar-refractivity contribution >= 4 is 11.8 Å². The van der Waals surface area contributed by atoms with Crippen LogP contribution >= 0.6 is 0 Å². The van der Waals surface area contributed by atoms with Gasteiger partial charge in [-0.2, -0.15) is 0 Å². The molecular weight excluding hydrogens is 292 g/mol. The van der Waals surface area contributed by atoms with Crippen LogP contribution < -0.4 is 5.32 Å². The van der Waals surface area contributed by atoms with Gasteiger partial charge in [-0.05, 0) is 37.8 Å². The van der Waals surface area contributed by atoms with E-state index in [1.807, 2.05) is 31.2 Å². The van der Waals surface area contributed by atoms with E-state index in [0.29, 0.717) is 6.04 Å². The maximum Gasteiger partial charge on any atom is 0.411 e. The van der Waals surface area contributed by atoms with E-state index in [-0.39, 0.29) is 12.2 Å². The van der Waals surface area contributed by atoms with Gasteiger partial charge in [0.15, 0.2) is 0 Å². The van der Waals surface area contributed by atoms with E-state index in [9.17, 15) is 4.79 Å². The van der Waals surface area contributed by atoms with Gasteiger partial charge >= 0.3 is 6.09 Å². The molecule has 2 fully saturated rings. The normalized spacial score (nSPS) is 25.8. The van der Waals surface area contributed by atoms with E-state index >= 15 is 0 Å². The van der Waals surface area contributed by atoms with Gasteiger partial charge in [-0.3, -0.25) is 10.2 Å². The number of anilines is 1. The third-order valence-electron chi connectivity index (χ3n) is 4.82. The highest BCUT2D eigenvalue weighted by atomic mass is 16.6. The number of carbonyl (C=O) groups excluding carboxylic acids is 1. The molecule has 1 saturated heterocycles. The molecule has 2 atom stereocenters. The van der Waals surface area contributed by atoms with E-state index in [4.69, 9.17) is 9.47 Å². The zero-order valence-electron chi connectivity index (χ0n) is 13.8. The van der Waals surface area contributed by atoms with E-state index < -0.39 is 0 Å². The molecule has 1 saturated carbocycles. The Hall–Kier alpha value is -1.59. The Bertz CT molecular complexity index is 529. The van der Waals surface area contributed by atoms with Gasteiger partial charge in [0.25, 0.3) is 0 Å². The van der Waals surface area contributed by atoms with Crippen LogP contribution in [0.5, 0.6) is 0 Å². The lowest BCUT2D eigenvalue weighted by atomic mass is 9.91. The average molecular weight is 318 g/mol. The van der Waals surface area contributed by atoms with Crippen LogP contribution in [0.1, 0.15) is 31.2 Å². The molecule has 2 unspecified atom stereocenters. The topological polar surface area (TPSA) is 50.8 Å². The van der Waals surface area contributed by atoms with E-state index in [2.05, 4.69) is 10.2 Å². The molecule has 1 N–H and O–H groups in total. The molecule has 1 heterocycles. The number of nitrogens with one attached hydrogen (secondary N) is 1. The minimum Gasteiger partial charge on any atom is -0.444 e. The highest BCUT2D eigenvalue weighted by Crippen LogP contribution is 2.27. The molecule has 1 amide bonds. The lowest BCUT2D eigenvalue weighted by molar-refractivity contribution is -0.0386. The summed E-state index contributed by atoms with van der Waals surface area (Å²) in [5.74, 6) is 0. The van der Waals surface area contributed by atoms with Crippen molar-refractivity contribution in [1.29, 1.82) is 0 Å². The third kappa shape index (κ3) is 4.24. The van der Waals surface area contributed by atoms with Crippen molar-refractivity contribution < 1.29 is 14.3 Å². The first-order valence-corrected chi connectivity index (χ1v) is 8.59. The zero-order chi connectivity index (χ0) is 16.1. The second kappa shape index (κ2) is 7.79. The number of ether oxygens (including phenoxy) is 2. The van der Waals surface area contributed by atoms with Crippen molar-refractivity contribution in [2.75, 3.05) is 31.6 Å². The second-order valence-corrected chi connectivity index (χ2v) is 6.38. The zero-order valence-corrected chi connectivity index (χ0v) is 13.8. The summed E-state index contributed by atoms with van der Waals surface area (Å²) in [7, 11) is 0. The molecule has 5 heteroatoms. The van der Waals surface area contributed by atoms with Gasteiger partial charge in [-0.25, -0.2) is 4.79 Å². The van der Waals surface area contributed by atoms with Crippen LogP contribution in [0.25, 0.3) is 0 Å². The largest absolute Gasteiger partial charge is 0.444 e. The Kier molecular flexibility index (Phi) is 5.51. The Balaban J connectivity index is 1.60. The molecule has 0 bridgehead atoms. The highest BCUT2D eigenvalue weighted by molar-refractivity contribution is 5.85. The van der Waals surface area contributed by atoms with Crippen molar-refractivity contribution in [1.82, 2.24) is 4.90 Å². The van der Waals surface area contributed by atoms with Crippen LogP contribution in [-0.4, -0.2) is 49.4 Å². The van der Waals surface area contributed by atoms with Crippen molar-refractivity contribution in [2.24, 2.45) is 0 Å². The Morgan fingerprint density at radius 2 is 1.96 bits per heavy atom. The fourth-order valence-corrected chi connectivity index (χ4v) is 3.53. The molecule has 2 aliphatic rings. The average Bonchev–Trinajstić information content (AvgIpc) is 2.58. The van der Waals surface area contributed by atoms with Crippen LogP contribution in [0.4, 0.5) is 10.5 Å². The Labute approximate surface area is 137 Å². The highest BCUT2D eigenvalue weighted by Gasteiger charge is 2.33. The maximum absolute atomic E-state index is 12.3. The Morgan fingerprint density at radius 3 is 2.74 bits per heavy atom. The lowest BCUT2D eigenvalue weighted by Gasteiger charge is -2.40. The number of hydrogen-bond donors (Lipinski definition) is 1. The molecule has 1 aromatic rings.